The molecule has 0 aliphatic heterocycles. The molecule has 0 amide bonds. The maximum absolute atomic E-state index is 13.0. The molecule has 1 aromatic heterocycles. The van der Waals surface area contributed by atoms with Crippen LogP contribution in [-0.2, 0) is 0 Å². The molecule has 0 aliphatic rings. The van der Waals surface area contributed by atoms with E-state index < -0.39 is 5.95 Å². The van der Waals surface area contributed by atoms with Crippen LogP contribution in [0.3, 0.4) is 0 Å². The highest BCUT2D eigenvalue weighted by Gasteiger charge is 2.02. The number of aromatic nitrogens is 1. The van der Waals surface area contributed by atoms with Crippen molar-refractivity contribution in [1.29, 1.82) is 0 Å². The Morgan fingerprint density at radius 2 is 1.74 bits per heavy atom. The van der Waals surface area contributed by atoms with Gasteiger partial charge in [-0.15, -0.1) is 0 Å². The van der Waals surface area contributed by atoms with Gasteiger partial charge in [0.2, 0.25) is 5.95 Å². The molecule has 0 saturated heterocycles. The summed E-state index contributed by atoms with van der Waals surface area (Å²) < 4.78 is 13.0. The summed E-state index contributed by atoms with van der Waals surface area (Å²) in [4.78, 5) is 6.04. The normalized spacial score (nSPS) is 10.3. The molecule has 19 heavy (non-hydrogen) atoms. The first-order valence-corrected chi connectivity index (χ1v) is 6.47. The van der Waals surface area contributed by atoms with Gasteiger partial charge in [-0.05, 0) is 50.2 Å². The second-order valence-corrected chi connectivity index (χ2v) is 4.19. The molecule has 1 N–H and O–H groups in total. The Morgan fingerprint density at radius 3 is 2.32 bits per heavy atom. The van der Waals surface area contributed by atoms with E-state index in [0.717, 1.165) is 18.8 Å². The van der Waals surface area contributed by atoms with Crippen LogP contribution in [0.15, 0.2) is 42.5 Å². The zero-order chi connectivity index (χ0) is 13.7. The summed E-state index contributed by atoms with van der Waals surface area (Å²) in [7, 11) is 0. The summed E-state index contributed by atoms with van der Waals surface area (Å²) >= 11 is 0. The van der Waals surface area contributed by atoms with Gasteiger partial charge >= 0.3 is 0 Å². The van der Waals surface area contributed by atoms with E-state index in [4.69, 9.17) is 0 Å². The van der Waals surface area contributed by atoms with Crippen molar-refractivity contribution in [1.82, 2.24) is 4.98 Å². The number of nitrogens with one attached hydrogen (secondary N) is 1. The summed E-state index contributed by atoms with van der Waals surface area (Å²) in [5.74, 6) is 0.0281. The Labute approximate surface area is 113 Å². The first-order chi connectivity index (χ1) is 9.22. The lowest BCUT2D eigenvalue weighted by atomic mass is 10.2. The third-order valence-electron chi connectivity index (χ3n) is 2.98. The van der Waals surface area contributed by atoms with E-state index in [2.05, 4.69) is 41.2 Å². The average Bonchev–Trinajstić information content (AvgIpc) is 2.42. The Bertz CT molecular complexity index is 521. The van der Waals surface area contributed by atoms with E-state index in [-0.39, 0.29) is 0 Å². The van der Waals surface area contributed by atoms with E-state index in [1.54, 1.807) is 12.1 Å². The van der Waals surface area contributed by atoms with E-state index in [9.17, 15) is 4.39 Å². The van der Waals surface area contributed by atoms with Gasteiger partial charge in [-0.1, -0.05) is 6.07 Å². The third-order valence-corrected chi connectivity index (χ3v) is 2.98. The van der Waals surface area contributed by atoms with Gasteiger partial charge in [-0.3, -0.25) is 0 Å². The maximum Gasteiger partial charge on any atom is 0.214 e. The molecule has 0 unspecified atom stereocenters. The van der Waals surface area contributed by atoms with Gasteiger partial charge in [0.25, 0.3) is 0 Å². The van der Waals surface area contributed by atoms with E-state index in [1.165, 1.54) is 11.8 Å². The molecule has 0 spiro atoms. The minimum absolute atomic E-state index is 0.482. The van der Waals surface area contributed by atoms with E-state index >= 15 is 0 Å². The first-order valence-electron chi connectivity index (χ1n) is 6.47. The predicted molar refractivity (Wildman–Crippen MR) is 77.5 cm³/mol. The van der Waals surface area contributed by atoms with Gasteiger partial charge in [0.1, 0.15) is 5.82 Å². The van der Waals surface area contributed by atoms with Crippen molar-refractivity contribution in [3.05, 3.63) is 48.4 Å². The van der Waals surface area contributed by atoms with Crippen LogP contribution < -0.4 is 10.2 Å². The summed E-state index contributed by atoms with van der Waals surface area (Å²) in [6, 6.07) is 12.7. The highest BCUT2D eigenvalue weighted by molar-refractivity contribution is 5.60. The fourth-order valence-corrected chi connectivity index (χ4v) is 1.97. The van der Waals surface area contributed by atoms with Gasteiger partial charge in [-0.2, -0.15) is 4.39 Å². The number of benzene rings is 1. The smallest absolute Gasteiger partial charge is 0.214 e. The van der Waals surface area contributed by atoms with Crippen LogP contribution >= 0.6 is 0 Å². The molecule has 0 atom stereocenters. The largest absolute Gasteiger partial charge is 0.372 e. The summed E-state index contributed by atoms with van der Waals surface area (Å²) in [5.41, 5.74) is 2.08. The van der Waals surface area contributed by atoms with Crippen LogP contribution in [0.5, 0.6) is 0 Å². The molecule has 0 radical (unpaired) electrons. The topological polar surface area (TPSA) is 28.2 Å². The minimum Gasteiger partial charge on any atom is -0.372 e. The van der Waals surface area contributed by atoms with Crippen molar-refractivity contribution in [2.24, 2.45) is 0 Å². The lowest BCUT2D eigenvalue weighted by molar-refractivity contribution is 0.585. The van der Waals surface area contributed by atoms with Gasteiger partial charge in [-0.25, -0.2) is 4.98 Å². The Hall–Kier alpha value is -2.10. The molecule has 4 heteroatoms. The zero-order valence-corrected chi connectivity index (χ0v) is 11.2. The number of anilines is 3. The van der Waals surface area contributed by atoms with Crippen LogP contribution in [0.4, 0.5) is 21.6 Å². The maximum atomic E-state index is 13.0. The fraction of sp³-hybridized carbons (Fsp3) is 0.267. The number of halogens is 1. The van der Waals surface area contributed by atoms with Gasteiger partial charge in [0.15, 0.2) is 0 Å². The number of rotatable bonds is 5. The molecule has 1 aromatic carbocycles. The summed E-state index contributed by atoms with van der Waals surface area (Å²) in [5, 5.41) is 3.08. The molecule has 0 aliphatic carbocycles. The Morgan fingerprint density at radius 1 is 1.05 bits per heavy atom. The first kappa shape index (κ1) is 13.3. The number of nitrogens with zero attached hydrogens (tertiary/aromatic N) is 2. The van der Waals surface area contributed by atoms with Crippen molar-refractivity contribution in [3.63, 3.8) is 0 Å². The average molecular weight is 259 g/mol. The Kier molecular flexibility index (Phi) is 4.34. The quantitative estimate of drug-likeness (QED) is 0.828. The number of hydrogen-bond acceptors (Lipinski definition) is 3. The van der Waals surface area contributed by atoms with Crippen molar-refractivity contribution < 1.29 is 4.39 Å². The van der Waals surface area contributed by atoms with Crippen molar-refractivity contribution in [3.8, 4) is 0 Å². The summed E-state index contributed by atoms with van der Waals surface area (Å²) in [6.45, 7) is 6.22. The van der Waals surface area contributed by atoms with Crippen molar-refractivity contribution >= 4 is 17.2 Å². The van der Waals surface area contributed by atoms with Crippen LogP contribution in [-0.4, -0.2) is 18.1 Å². The summed E-state index contributed by atoms with van der Waals surface area (Å²) in [6.07, 6.45) is 0. The second-order valence-electron chi connectivity index (χ2n) is 4.19. The highest BCUT2D eigenvalue weighted by Crippen LogP contribution is 2.20. The molecule has 2 aromatic rings. The lowest BCUT2D eigenvalue weighted by Gasteiger charge is -2.21. The molecular formula is C15H18FN3. The number of hydrogen-bond donors (Lipinski definition) is 1. The van der Waals surface area contributed by atoms with E-state index in [1.807, 2.05) is 12.1 Å². The molecule has 0 saturated carbocycles. The third kappa shape index (κ3) is 3.44. The minimum atomic E-state index is -0.482. The Balaban J connectivity index is 2.10. The fourth-order valence-electron chi connectivity index (χ4n) is 1.97. The van der Waals surface area contributed by atoms with Gasteiger partial charge in [0, 0.05) is 24.5 Å². The van der Waals surface area contributed by atoms with Gasteiger partial charge in [0.05, 0.1) is 0 Å². The monoisotopic (exact) mass is 259 g/mol. The second kappa shape index (κ2) is 6.18. The van der Waals surface area contributed by atoms with Crippen LogP contribution in [0.25, 0.3) is 0 Å². The van der Waals surface area contributed by atoms with Crippen LogP contribution in [0.2, 0.25) is 0 Å². The zero-order valence-electron chi connectivity index (χ0n) is 11.2. The predicted octanol–water partition coefficient (Wildman–Crippen LogP) is 3.81. The molecular weight excluding hydrogens is 241 g/mol. The molecule has 1 heterocycles. The van der Waals surface area contributed by atoms with Crippen molar-refractivity contribution in [2.45, 2.75) is 13.8 Å². The molecule has 0 fully saturated rings. The standard InChI is InChI=1S/C15H18FN3/c1-3-19(4-2)13-10-8-12(9-11-13)17-15-7-5-6-14(16)18-15/h5-11H,3-4H2,1-2H3,(H,17,18). The highest BCUT2D eigenvalue weighted by atomic mass is 19.1. The van der Waals surface area contributed by atoms with Gasteiger partial charge < -0.3 is 10.2 Å². The lowest BCUT2D eigenvalue weighted by Crippen LogP contribution is -2.21. The molecule has 3 nitrogen and oxygen atoms in total. The van der Waals surface area contributed by atoms with Crippen LogP contribution in [0, 0.1) is 5.95 Å². The van der Waals surface area contributed by atoms with Crippen LogP contribution in [0.1, 0.15) is 13.8 Å². The van der Waals surface area contributed by atoms with Crippen molar-refractivity contribution in [2.75, 3.05) is 23.3 Å². The molecule has 0 bridgehead atoms. The molecule has 2 rings (SSSR count). The van der Waals surface area contributed by atoms with E-state index in [0.29, 0.717) is 5.82 Å². The SMILES string of the molecule is CCN(CC)c1ccc(Nc2cccc(F)n2)cc1. The molecule has 100 valence electrons. The number of pyridine rings is 1.